The van der Waals surface area contributed by atoms with Gasteiger partial charge in [-0.05, 0) is 51.7 Å². The van der Waals surface area contributed by atoms with Gasteiger partial charge in [-0.1, -0.05) is 5.21 Å². The van der Waals surface area contributed by atoms with Crippen LogP contribution >= 0.6 is 0 Å². The molecule has 0 spiro atoms. The van der Waals surface area contributed by atoms with Crippen LogP contribution in [0.2, 0.25) is 0 Å². The first kappa shape index (κ1) is 25.3. The molecule has 1 aliphatic carbocycles. The van der Waals surface area contributed by atoms with Crippen molar-refractivity contribution in [3.63, 3.8) is 0 Å². The van der Waals surface area contributed by atoms with E-state index in [0.29, 0.717) is 48.2 Å². The summed E-state index contributed by atoms with van der Waals surface area (Å²) < 4.78 is 26.1. The quantitative estimate of drug-likeness (QED) is 0.427. The topological polar surface area (TPSA) is 137 Å². The van der Waals surface area contributed by atoms with Crippen LogP contribution in [-0.4, -0.2) is 59.9 Å². The Morgan fingerprint density at radius 3 is 2.89 bits per heavy atom. The summed E-state index contributed by atoms with van der Waals surface area (Å²) in [6.07, 6.45) is 3.13. The minimum Gasteiger partial charge on any atom is -0.489 e. The summed E-state index contributed by atoms with van der Waals surface area (Å²) in [5.41, 5.74) is 2.68. The monoisotopic (exact) mass is 499 g/mol. The van der Waals surface area contributed by atoms with Crippen molar-refractivity contribution in [1.82, 2.24) is 29.9 Å². The number of pyridine rings is 1. The van der Waals surface area contributed by atoms with Gasteiger partial charge in [0.1, 0.15) is 24.2 Å². The average Bonchev–Trinajstić information content (AvgIpc) is 3.23. The molecule has 1 aliphatic rings. The molecular weight excluding hydrogens is 469 g/mol. The van der Waals surface area contributed by atoms with Gasteiger partial charge in [0.05, 0.1) is 35.6 Å². The van der Waals surface area contributed by atoms with Crippen LogP contribution in [0.1, 0.15) is 44.0 Å². The van der Waals surface area contributed by atoms with Crippen LogP contribution in [0.4, 0.5) is 10.3 Å². The number of rotatable bonds is 10. The summed E-state index contributed by atoms with van der Waals surface area (Å²) in [4.78, 5) is 24.5. The van der Waals surface area contributed by atoms with E-state index in [-0.39, 0.29) is 24.5 Å². The van der Waals surface area contributed by atoms with Crippen molar-refractivity contribution in [2.24, 2.45) is 13.0 Å². The van der Waals surface area contributed by atoms with Crippen LogP contribution in [-0.2, 0) is 18.4 Å². The van der Waals surface area contributed by atoms with Crippen molar-refractivity contribution in [2.45, 2.75) is 58.4 Å². The Labute approximate surface area is 208 Å². The fourth-order valence-corrected chi connectivity index (χ4v) is 4.11. The van der Waals surface area contributed by atoms with E-state index in [4.69, 9.17) is 9.47 Å². The molecule has 36 heavy (non-hydrogen) atoms. The van der Waals surface area contributed by atoms with Crippen LogP contribution in [0.15, 0.2) is 24.4 Å². The molecular formula is C24H30FN7O4. The third kappa shape index (κ3) is 6.23. The van der Waals surface area contributed by atoms with E-state index >= 15 is 0 Å². The SMILES string of the molecule is Cc1nc(-c2nnn(C)c2CNc2nccc(OCC(C)F)n2)ccc1O[C@H]1CCC[C@H](C(=O)O)C1. The van der Waals surface area contributed by atoms with Crippen molar-refractivity contribution in [3.8, 4) is 23.0 Å². The minimum atomic E-state index is -1.10. The number of ether oxygens (including phenoxy) is 2. The standard InChI is InChI=1S/C24H30FN7O4/c1-14(25)13-35-21-9-10-26-24(29-21)27-12-19-22(30-31-32(19)3)18-7-8-20(15(2)28-18)36-17-6-4-5-16(11-17)23(33)34/h7-10,14,16-17H,4-6,11-13H2,1-3H3,(H,33,34)(H,26,27,29)/t14?,16-,17-/m0/s1. The van der Waals surface area contributed by atoms with E-state index in [2.05, 4.69) is 30.6 Å². The highest BCUT2D eigenvalue weighted by Crippen LogP contribution is 2.30. The molecule has 0 radical (unpaired) electrons. The lowest BCUT2D eigenvalue weighted by atomic mass is 9.87. The number of nitrogens with zero attached hydrogens (tertiary/aromatic N) is 6. The van der Waals surface area contributed by atoms with Gasteiger partial charge in [-0.25, -0.2) is 19.0 Å². The second-order valence-corrected chi connectivity index (χ2v) is 8.89. The lowest BCUT2D eigenvalue weighted by molar-refractivity contribution is -0.143. The summed E-state index contributed by atoms with van der Waals surface area (Å²) in [6, 6.07) is 5.22. The summed E-state index contributed by atoms with van der Waals surface area (Å²) >= 11 is 0. The molecule has 1 unspecified atom stereocenters. The molecule has 0 saturated heterocycles. The summed E-state index contributed by atoms with van der Waals surface area (Å²) in [5, 5.41) is 20.9. The zero-order valence-electron chi connectivity index (χ0n) is 20.5. The summed E-state index contributed by atoms with van der Waals surface area (Å²) in [6.45, 7) is 3.50. The maximum atomic E-state index is 13.1. The van der Waals surface area contributed by atoms with Gasteiger partial charge in [0.2, 0.25) is 11.8 Å². The molecule has 0 aromatic carbocycles. The number of nitrogens with one attached hydrogen (secondary N) is 1. The second-order valence-electron chi connectivity index (χ2n) is 8.89. The summed E-state index contributed by atoms with van der Waals surface area (Å²) in [7, 11) is 1.78. The molecule has 11 nitrogen and oxygen atoms in total. The third-order valence-corrected chi connectivity index (χ3v) is 6.00. The van der Waals surface area contributed by atoms with Crippen molar-refractivity contribution in [3.05, 3.63) is 35.8 Å². The van der Waals surface area contributed by atoms with E-state index in [1.165, 1.54) is 13.1 Å². The fourth-order valence-electron chi connectivity index (χ4n) is 4.11. The number of carboxylic acids is 1. The second kappa shape index (κ2) is 11.3. The van der Waals surface area contributed by atoms with Gasteiger partial charge in [0, 0.05) is 19.3 Å². The van der Waals surface area contributed by atoms with Crippen molar-refractivity contribution >= 4 is 11.9 Å². The van der Waals surface area contributed by atoms with Gasteiger partial charge in [-0.2, -0.15) is 4.98 Å². The smallest absolute Gasteiger partial charge is 0.306 e. The number of carboxylic acid groups (broad SMARTS) is 1. The van der Waals surface area contributed by atoms with E-state index in [9.17, 15) is 14.3 Å². The lowest BCUT2D eigenvalue weighted by Gasteiger charge is -2.27. The number of hydrogen-bond acceptors (Lipinski definition) is 9. The molecule has 0 amide bonds. The first-order valence-corrected chi connectivity index (χ1v) is 11.9. The number of anilines is 1. The molecule has 3 aromatic heterocycles. The Hall–Kier alpha value is -3.83. The Morgan fingerprint density at radius 1 is 1.31 bits per heavy atom. The molecule has 3 heterocycles. The molecule has 0 bridgehead atoms. The number of halogens is 1. The van der Waals surface area contributed by atoms with Crippen molar-refractivity contribution < 1.29 is 23.8 Å². The molecule has 0 aliphatic heterocycles. The maximum absolute atomic E-state index is 13.1. The van der Waals surface area contributed by atoms with Gasteiger partial charge in [0.25, 0.3) is 0 Å². The Balaban J connectivity index is 1.44. The van der Waals surface area contributed by atoms with Gasteiger partial charge < -0.3 is 19.9 Å². The molecule has 2 N–H and O–H groups in total. The van der Waals surface area contributed by atoms with Crippen LogP contribution in [0.5, 0.6) is 11.6 Å². The molecule has 3 aromatic rings. The largest absolute Gasteiger partial charge is 0.489 e. The lowest BCUT2D eigenvalue weighted by Crippen LogP contribution is -2.29. The molecule has 3 atom stereocenters. The predicted molar refractivity (Wildman–Crippen MR) is 128 cm³/mol. The predicted octanol–water partition coefficient (Wildman–Crippen LogP) is 3.35. The third-order valence-electron chi connectivity index (χ3n) is 6.00. The van der Waals surface area contributed by atoms with Crippen LogP contribution < -0.4 is 14.8 Å². The molecule has 192 valence electrons. The average molecular weight is 500 g/mol. The number of aryl methyl sites for hydroxylation is 2. The number of hydrogen-bond donors (Lipinski definition) is 2. The minimum absolute atomic E-state index is 0.0854. The van der Waals surface area contributed by atoms with Crippen LogP contribution in [0.25, 0.3) is 11.4 Å². The van der Waals surface area contributed by atoms with Gasteiger partial charge >= 0.3 is 5.97 Å². The van der Waals surface area contributed by atoms with Crippen molar-refractivity contribution in [2.75, 3.05) is 11.9 Å². The normalized spacial score (nSPS) is 18.4. The first-order valence-electron chi connectivity index (χ1n) is 11.9. The number of aromatic nitrogens is 6. The Kier molecular flexibility index (Phi) is 7.91. The highest BCUT2D eigenvalue weighted by Gasteiger charge is 2.28. The van der Waals surface area contributed by atoms with Gasteiger partial charge in [0.15, 0.2) is 0 Å². The molecule has 1 fully saturated rings. The molecule has 12 heteroatoms. The number of aliphatic carboxylic acids is 1. The highest BCUT2D eigenvalue weighted by molar-refractivity contribution is 5.70. The molecule has 4 rings (SSSR count). The summed E-state index contributed by atoms with van der Waals surface area (Å²) in [5.74, 6) is 0.101. The van der Waals surface area contributed by atoms with Crippen LogP contribution in [0, 0.1) is 12.8 Å². The zero-order valence-corrected chi connectivity index (χ0v) is 20.5. The van der Waals surface area contributed by atoms with Crippen LogP contribution in [0.3, 0.4) is 0 Å². The number of alkyl halides is 1. The van der Waals surface area contributed by atoms with E-state index in [1.807, 2.05) is 19.1 Å². The Morgan fingerprint density at radius 2 is 2.14 bits per heavy atom. The maximum Gasteiger partial charge on any atom is 0.306 e. The highest BCUT2D eigenvalue weighted by atomic mass is 19.1. The van der Waals surface area contributed by atoms with Crippen molar-refractivity contribution in [1.29, 1.82) is 0 Å². The van der Waals surface area contributed by atoms with Gasteiger partial charge in [-0.15, -0.1) is 5.10 Å². The van der Waals surface area contributed by atoms with E-state index < -0.39 is 12.1 Å². The zero-order chi connectivity index (χ0) is 25.7. The fraction of sp³-hybridized carbons (Fsp3) is 0.500. The van der Waals surface area contributed by atoms with Gasteiger partial charge in [-0.3, -0.25) is 4.79 Å². The number of carbonyl (C=O) groups is 1. The van der Waals surface area contributed by atoms with E-state index in [0.717, 1.165) is 18.5 Å². The molecule has 1 saturated carbocycles. The van der Waals surface area contributed by atoms with E-state index in [1.54, 1.807) is 17.8 Å². The first-order chi connectivity index (χ1) is 17.3. The Bertz CT molecular complexity index is 1200.